The lowest BCUT2D eigenvalue weighted by Crippen LogP contribution is -2.30. The second kappa shape index (κ2) is 8.69. The molecule has 0 spiro atoms. The Balaban J connectivity index is 1.55. The van der Waals surface area contributed by atoms with Crippen molar-refractivity contribution in [2.75, 3.05) is 19.8 Å². The molecule has 5 heteroatoms. The van der Waals surface area contributed by atoms with Gasteiger partial charge in [-0.2, -0.15) is 0 Å². The number of ether oxygens (including phenoxy) is 2. The van der Waals surface area contributed by atoms with Crippen LogP contribution in [0.25, 0.3) is 0 Å². The molecule has 0 atom stereocenters. The molecule has 0 heterocycles. The van der Waals surface area contributed by atoms with Crippen molar-refractivity contribution in [2.24, 2.45) is 0 Å². The van der Waals surface area contributed by atoms with Gasteiger partial charge in [-0.05, 0) is 31.2 Å². The minimum atomic E-state index is -0.347. The Kier molecular flexibility index (Phi) is 6.26. The molecular weight excluding hydrogens is 282 g/mol. The topological polar surface area (TPSA) is 56.8 Å². The predicted molar refractivity (Wildman–Crippen MR) is 82.7 cm³/mol. The molecule has 0 aliphatic heterocycles. The van der Waals surface area contributed by atoms with Crippen LogP contribution in [0.2, 0.25) is 0 Å². The Morgan fingerprint density at radius 3 is 2.32 bits per heavy atom. The molecule has 2 rings (SSSR count). The molecule has 2 aromatic carbocycles. The van der Waals surface area contributed by atoms with Gasteiger partial charge in [0, 0.05) is 0 Å². The number of aryl methyl sites for hydroxylation is 1. The third-order valence-corrected chi connectivity index (χ3v) is 2.77. The van der Waals surface area contributed by atoms with Gasteiger partial charge in [0.25, 0.3) is 5.91 Å². The van der Waals surface area contributed by atoms with Crippen LogP contribution in [0.15, 0.2) is 54.6 Å². The Hall–Kier alpha value is -2.53. The number of hydroxylamine groups is 1. The van der Waals surface area contributed by atoms with E-state index in [2.05, 4.69) is 5.48 Å². The van der Waals surface area contributed by atoms with Crippen molar-refractivity contribution in [3.05, 3.63) is 60.2 Å². The molecule has 2 aromatic rings. The molecule has 5 nitrogen and oxygen atoms in total. The molecule has 0 aliphatic rings. The lowest BCUT2D eigenvalue weighted by molar-refractivity contribution is -0.136. The first kappa shape index (κ1) is 15.9. The van der Waals surface area contributed by atoms with Crippen LogP contribution in [0, 0.1) is 6.92 Å². The van der Waals surface area contributed by atoms with E-state index >= 15 is 0 Å². The van der Waals surface area contributed by atoms with E-state index in [-0.39, 0.29) is 19.1 Å². The zero-order valence-corrected chi connectivity index (χ0v) is 12.5. The fourth-order valence-electron chi connectivity index (χ4n) is 1.66. The molecule has 0 saturated carbocycles. The number of para-hydroxylation sites is 1. The number of rotatable bonds is 8. The monoisotopic (exact) mass is 301 g/mol. The zero-order chi connectivity index (χ0) is 15.6. The fourth-order valence-corrected chi connectivity index (χ4v) is 1.66. The van der Waals surface area contributed by atoms with Gasteiger partial charge in [-0.3, -0.25) is 9.63 Å². The van der Waals surface area contributed by atoms with E-state index in [0.717, 1.165) is 11.3 Å². The Morgan fingerprint density at radius 1 is 0.909 bits per heavy atom. The Labute approximate surface area is 129 Å². The quantitative estimate of drug-likeness (QED) is 0.601. The van der Waals surface area contributed by atoms with Gasteiger partial charge in [0.15, 0.2) is 6.61 Å². The normalized spacial score (nSPS) is 10.0. The van der Waals surface area contributed by atoms with Crippen molar-refractivity contribution in [3.8, 4) is 11.5 Å². The van der Waals surface area contributed by atoms with Crippen LogP contribution in [-0.2, 0) is 9.63 Å². The van der Waals surface area contributed by atoms with Gasteiger partial charge in [-0.25, -0.2) is 5.48 Å². The summed E-state index contributed by atoms with van der Waals surface area (Å²) in [6.45, 7) is 2.50. The summed E-state index contributed by atoms with van der Waals surface area (Å²) in [7, 11) is 0. The summed E-state index contributed by atoms with van der Waals surface area (Å²) < 4.78 is 10.7. The smallest absolute Gasteiger partial charge is 0.281 e. The highest BCUT2D eigenvalue weighted by molar-refractivity contribution is 5.76. The number of benzene rings is 2. The highest BCUT2D eigenvalue weighted by atomic mass is 16.7. The molecule has 116 valence electrons. The lowest BCUT2D eigenvalue weighted by atomic mass is 10.2. The van der Waals surface area contributed by atoms with Gasteiger partial charge in [-0.1, -0.05) is 35.9 Å². The molecule has 0 bridgehead atoms. The number of hydrogen-bond donors (Lipinski definition) is 1. The second-order valence-corrected chi connectivity index (χ2v) is 4.64. The summed E-state index contributed by atoms with van der Waals surface area (Å²) in [6, 6.07) is 16.9. The van der Waals surface area contributed by atoms with E-state index in [1.54, 1.807) is 0 Å². The summed E-state index contributed by atoms with van der Waals surface area (Å²) in [5, 5.41) is 0. The summed E-state index contributed by atoms with van der Waals surface area (Å²) in [5.41, 5.74) is 3.44. The predicted octanol–water partition coefficient (Wildman–Crippen LogP) is 2.50. The highest BCUT2D eigenvalue weighted by Crippen LogP contribution is 2.11. The van der Waals surface area contributed by atoms with Gasteiger partial charge in [-0.15, -0.1) is 0 Å². The third-order valence-electron chi connectivity index (χ3n) is 2.77. The van der Waals surface area contributed by atoms with Crippen molar-refractivity contribution in [1.29, 1.82) is 0 Å². The van der Waals surface area contributed by atoms with Crippen molar-refractivity contribution < 1.29 is 19.1 Å². The SMILES string of the molecule is Cc1ccc(OCC(=O)NOCCOc2ccccc2)cc1. The molecule has 0 fully saturated rings. The van der Waals surface area contributed by atoms with Crippen LogP contribution in [-0.4, -0.2) is 25.7 Å². The van der Waals surface area contributed by atoms with E-state index in [0.29, 0.717) is 12.4 Å². The van der Waals surface area contributed by atoms with Crippen molar-refractivity contribution >= 4 is 5.91 Å². The van der Waals surface area contributed by atoms with E-state index < -0.39 is 0 Å². The lowest BCUT2D eigenvalue weighted by Gasteiger charge is -2.09. The van der Waals surface area contributed by atoms with Gasteiger partial charge >= 0.3 is 0 Å². The average molecular weight is 301 g/mol. The molecule has 1 N–H and O–H groups in total. The average Bonchev–Trinajstić information content (AvgIpc) is 2.55. The van der Waals surface area contributed by atoms with Crippen LogP contribution >= 0.6 is 0 Å². The Morgan fingerprint density at radius 2 is 1.59 bits per heavy atom. The number of carbonyl (C=O) groups excluding carboxylic acids is 1. The maximum Gasteiger partial charge on any atom is 0.281 e. The molecular formula is C17H19NO4. The summed E-state index contributed by atoms with van der Waals surface area (Å²) >= 11 is 0. The van der Waals surface area contributed by atoms with Crippen LogP contribution in [0.1, 0.15) is 5.56 Å². The first-order chi connectivity index (χ1) is 10.7. The summed E-state index contributed by atoms with van der Waals surface area (Å²) in [5.74, 6) is 1.06. The molecule has 0 unspecified atom stereocenters. The fraction of sp³-hybridized carbons (Fsp3) is 0.235. The Bertz CT molecular complexity index is 569. The number of nitrogens with one attached hydrogen (secondary N) is 1. The van der Waals surface area contributed by atoms with E-state index in [4.69, 9.17) is 14.3 Å². The highest BCUT2D eigenvalue weighted by Gasteiger charge is 2.02. The van der Waals surface area contributed by atoms with E-state index in [9.17, 15) is 4.79 Å². The maximum absolute atomic E-state index is 11.5. The van der Waals surface area contributed by atoms with Gasteiger partial charge < -0.3 is 9.47 Å². The van der Waals surface area contributed by atoms with Crippen LogP contribution in [0.5, 0.6) is 11.5 Å². The first-order valence-corrected chi connectivity index (χ1v) is 7.02. The van der Waals surface area contributed by atoms with Gasteiger partial charge in [0.05, 0.1) is 0 Å². The number of hydrogen-bond acceptors (Lipinski definition) is 4. The molecule has 22 heavy (non-hydrogen) atoms. The van der Waals surface area contributed by atoms with Crippen LogP contribution in [0.3, 0.4) is 0 Å². The van der Waals surface area contributed by atoms with Gasteiger partial charge in [0.1, 0.15) is 24.7 Å². The molecule has 0 saturated heterocycles. The zero-order valence-electron chi connectivity index (χ0n) is 12.5. The molecule has 0 aliphatic carbocycles. The molecule has 0 aromatic heterocycles. The minimum Gasteiger partial charge on any atom is -0.491 e. The molecule has 1 amide bonds. The minimum absolute atomic E-state index is 0.0946. The second-order valence-electron chi connectivity index (χ2n) is 4.64. The van der Waals surface area contributed by atoms with Crippen LogP contribution in [0.4, 0.5) is 0 Å². The first-order valence-electron chi connectivity index (χ1n) is 7.02. The maximum atomic E-state index is 11.5. The van der Waals surface area contributed by atoms with Crippen molar-refractivity contribution in [1.82, 2.24) is 5.48 Å². The van der Waals surface area contributed by atoms with Gasteiger partial charge in [0.2, 0.25) is 0 Å². The standard InChI is InChI=1S/C17H19NO4/c1-14-7-9-16(10-8-14)21-13-17(19)18-22-12-11-20-15-5-3-2-4-6-15/h2-10H,11-13H2,1H3,(H,18,19). The number of carbonyl (C=O) groups is 1. The summed E-state index contributed by atoms with van der Waals surface area (Å²) in [6.07, 6.45) is 0. The van der Waals surface area contributed by atoms with Crippen LogP contribution < -0.4 is 15.0 Å². The van der Waals surface area contributed by atoms with Crippen molar-refractivity contribution in [2.45, 2.75) is 6.92 Å². The number of amides is 1. The molecule has 0 radical (unpaired) electrons. The summed E-state index contributed by atoms with van der Waals surface area (Å²) in [4.78, 5) is 16.5. The third kappa shape index (κ3) is 5.85. The largest absolute Gasteiger partial charge is 0.491 e. The van der Waals surface area contributed by atoms with Crippen molar-refractivity contribution in [3.63, 3.8) is 0 Å². The van der Waals surface area contributed by atoms with E-state index in [1.807, 2.05) is 61.5 Å². The van der Waals surface area contributed by atoms with E-state index in [1.165, 1.54) is 0 Å².